The lowest BCUT2D eigenvalue weighted by Gasteiger charge is -2.32. The topological polar surface area (TPSA) is 12.0 Å². The van der Waals surface area contributed by atoms with Gasteiger partial charge in [0.1, 0.15) is 0 Å². The standard InChI is InChI=1S/C17H21NS/c1-12-9-10-16(15-7-4-3-6-14(12)15)18-13(2)17-8-5-11-19-17/h3-8,11-13,16,18H,9-10H2,1-2H3/t12?,13-,16?/m0/s1. The lowest BCUT2D eigenvalue weighted by atomic mass is 9.81. The van der Waals surface area contributed by atoms with Gasteiger partial charge >= 0.3 is 0 Å². The van der Waals surface area contributed by atoms with Gasteiger partial charge in [-0.1, -0.05) is 37.3 Å². The summed E-state index contributed by atoms with van der Waals surface area (Å²) in [6, 6.07) is 14.2. The Bertz CT molecular complexity index is 532. The van der Waals surface area contributed by atoms with Gasteiger partial charge in [-0.25, -0.2) is 0 Å². The van der Waals surface area contributed by atoms with E-state index in [1.54, 1.807) is 0 Å². The van der Waals surface area contributed by atoms with Crippen LogP contribution in [-0.4, -0.2) is 0 Å². The maximum Gasteiger partial charge on any atom is 0.0391 e. The summed E-state index contributed by atoms with van der Waals surface area (Å²) >= 11 is 1.84. The number of hydrogen-bond donors (Lipinski definition) is 1. The SMILES string of the molecule is CC1CCC(N[C@@H](C)c2cccs2)c2ccccc21. The van der Waals surface area contributed by atoms with E-state index in [2.05, 4.69) is 60.9 Å². The van der Waals surface area contributed by atoms with E-state index in [4.69, 9.17) is 0 Å². The normalized spacial score (nSPS) is 23.9. The van der Waals surface area contributed by atoms with Crippen molar-refractivity contribution < 1.29 is 0 Å². The summed E-state index contributed by atoms with van der Waals surface area (Å²) in [5, 5.41) is 5.97. The molecule has 3 rings (SSSR count). The molecule has 0 fully saturated rings. The Labute approximate surface area is 119 Å². The fourth-order valence-corrected chi connectivity index (χ4v) is 3.84. The smallest absolute Gasteiger partial charge is 0.0391 e. The minimum Gasteiger partial charge on any atom is -0.303 e. The van der Waals surface area contributed by atoms with Crippen molar-refractivity contribution in [1.82, 2.24) is 5.32 Å². The second-order valence-electron chi connectivity index (χ2n) is 5.56. The van der Waals surface area contributed by atoms with Crippen molar-refractivity contribution in [3.63, 3.8) is 0 Å². The van der Waals surface area contributed by atoms with E-state index in [1.807, 2.05) is 11.3 Å². The lowest BCUT2D eigenvalue weighted by molar-refractivity contribution is 0.398. The average Bonchev–Trinajstić information content (AvgIpc) is 2.96. The minimum atomic E-state index is 0.437. The van der Waals surface area contributed by atoms with Crippen LogP contribution in [0.15, 0.2) is 41.8 Å². The van der Waals surface area contributed by atoms with E-state index in [0.717, 1.165) is 0 Å². The maximum atomic E-state index is 3.81. The van der Waals surface area contributed by atoms with Crippen LogP contribution in [-0.2, 0) is 0 Å². The van der Waals surface area contributed by atoms with E-state index in [9.17, 15) is 0 Å². The van der Waals surface area contributed by atoms with Gasteiger partial charge in [0.25, 0.3) is 0 Å². The first kappa shape index (κ1) is 12.9. The summed E-state index contributed by atoms with van der Waals surface area (Å²) in [6.07, 6.45) is 2.53. The highest BCUT2D eigenvalue weighted by atomic mass is 32.1. The van der Waals surface area contributed by atoms with E-state index in [0.29, 0.717) is 18.0 Å². The molecule has 0 bridgehead atoms. The van der Waals surface area contributed by atoms with Crippen LogP contribution in [0, 0.1) is 0 Å². The van der Waals surface area contributed by atoms with Gasteiger partial charge in [-0.05, 0) is 48.3 Å². The summed E-state index contributed by atoms with van der Waals surface area (Å²) in [4.78, 5) is 1.43. The second-order valence-corrected chi connectivity index (χ2v) is 6.54. The van der Waals surface area contributed by atoms with E-state index in [1.165, 1.54) is 28.8 Å². The Balaban J connectivity index is 1.81. The van der Waals surface area contributed by atoms with Gasteiger partial charge in [0.2, 0.25) is 0 Å². The molecule has 1 nitrogen and oxygen atoms in total. The molecule has 0 saturated heterocycles. The van der Waals surface area contributed by atoms with Crippen molar-refractivity contribution in [3.05, 3.63) is 57.8 Å². The molecule has 0 radical (unpaired) electrons. The number of benzene rings is 1. The first-order valence-electron chi connectivity index (χ1n) is 7.14. The first-order valence-corrected chi connectivity index (χ1v) is 8.02. The molecule has 1 aromatic carbocycles. The van der Waals surface area contributed by atoms with Crippen LogP contribution in [0.5, 0.6) is 0 Å². The predicted octanol–water partition coefficient (Wildman–Crippen LogP) is 5.04. The van der Waals surface area contributed by atoms with Crippen LogP contribution >= 0.6 is 11.3 Å². The molecule has 3 atom stereocenters. The van der Waals surface area contributed by atoms with E-state index >= 15 is 0 Å². The molecule has 0 spiro atoms. The quantitative estimate of drug-likeness (QED) is 0.825. The molecule has 19 heavy (non-hydrogen) atoms. The average molecular weight is 271 g/mol. The Hall–Kier alpha value is -1.12. The summed E-state index contributed by atoms with van der Waals surface area (Å²) in [5.41, 5.74) is 3.04. The molecule has 1 N–H and O–H groups in total. The molecule has 2 unspecified atom stereocenters. The van der Waals surface area contributed by atoms with Gasteiger partial charge in [0.15, 0.2) is 0 Å². The van der Waals surface area contributed by atoms with Gasteiger partial charge in [-0.2, -0.15) is 0 Å². The summed E-state index contributed by atoms with van der Waals surface area (Å²) < 4.78 is 0. The van der Waals surface area contributed by atoms with E-state index in [-0.39, 0.29) is 0 Å². The minimum absolute atomic E-state index is 0.437. The zero-order chi connectivity index (χ0) is 13.2. The molecule has 1 aromatic heterocycles. The summed E-state index contributed by atoms with van der Waals surface area (Å²) in [5.74, 6) is 0.700. The van der Waals surface area contributed by atoms with Gasteiger partial charge < -0.3 is 5.32 Å². The van der Waals surface area contributed by atoms with Crippen molar-refractivity contribution >= 4 is 11.3 Å². The third kappa shape index (κ3) is 2.60. The zero-order valence-corrected chi connectivity index (χ0v) is 12.4. The highest BCUT2D eigenvalue weighted by Crippen LogP contribution is 2.38. The number of fused-ring (bicyclic) bond motifs is 1. The third-order valence-electron chi connectivity index (χ3n) is 4.21. The molecule has 0 aliphatic heterocycles. The molecular formula is C17H21NS. The first-order chi connectivity index (χ1) is 9.25. The van der Waals surface area contributed by atoms with Gasteiger partial charge in [0, 0.05) is 17.0 Å². The monoisotopic (exact) mass is 271 g/mol. The Morgan fingerprint density at radius 3 is 2.63 bits per heavy atom. The number of hydrogen-bond acceptors (Lipinski definition) is 2. The van der Waals surface area contributed by atoms with Crippen LogP contribution in [0.25, 0.3) is 0 Å². The van der Waals surface area contributed by atoms with Crippen LogP contribution in [0.3, 0.4) is 0 Å². The fraction of sp³-hybridized carbons (Fsp3) is 0.412. The van der Waals surface area contributed by atoms with Crippen molar-refractivity contribution in [3.8, 4) is 0 Å². The Morgan fingerprint density at radius 1 is 1.11 bits per heavy atom. The number of nitrogens with one attached hydrogen (secondary N) is 1. The van der Waals surface area contributed by atoms with Crippen molar-refractivity contribution in [1.29, 1.82) is 0 Å². The van der Waals surface area contributed by atoms with Crippen molar-refractivity contribution in [2.45, 2.75) is 44.7 Å². The fourth-order valence-electron chi connectivity index (χ4n) is 3.10. The maximum absolute atomic E-state index is 3.81. The van der Waals surface area contributed by atoms with Gasteiger partial charge in [0.05, 0.1) is 0 Å². The van der Waals surface area contributed by atoms with Crippen LogP contribution < -0.4 is 5.32 Å². The predicted molar refractivity (Wildman–Crippen MR) is 82.7 cm³/mol. The van der Waals surface area contributed by atoms with Gasteiger partial charge in [-0.3, -0.25) is 0 Å². The molecule has 1 aliphatic rings. The van der Waals surface area contributed by atoms with Crippen molar-refractivity contribution in [2.24, 2.45) is 0 Å². The van der Waals surface area contributed by atoms with Crippen LogP contribution in [0.2, 0.25) is 0 Å². The Morgan fingerprint density at radius 2 is 1.89 bits per heavy atom. The number of rotatable bonds is 3. The van der Waals surface area contributed by atoms with Crippen LogP contribution in [0.4, 0.5) is 0 Å². The third-order valence-corrected chi connectivity index (χ3v) is 5.27. The summed E-state index contributed by atoms with van der Waals surface area (Å²) in [6.45, 7) is 4.62. The summed E-state index contributed by atoms with van der Waals surface area (Å²) in [7, 11) is 0. The molecule has 0 saturated carbocycles. The molecule has 1 aliphatic carbocycles. The van der Waals surface area contributed by atoms with E-state index < -0.39 is 0 Å². The lowest BCUT2D eigenvalue weighted by Crippen LogP contribution is -2.28. The molecule has 2 heteroatoms. The van der Waals surface area contributed by atoms with Crippen LogP contribution in [0.1, 0.15) is 60.7 Å². The highest BCUT2D eigenvalue weighted by Gasteiger charge is 2.25. The Kier molecular flexibility index (Phi) is 3.72. The highest BCUT2D eigenvalue weighted by molar-refractivity contribution is 7.10. The molecule has 1 heterocycles. The second kappa shape index (κ2) is 5.48. The van der Waals surface area contributed by atoms with Crippen molar-refractivity contribution in [2.75, 3.05) is 0 Å². The number of thiophene rings is 1. The zero-order valence-electron chi connectivity index (χ0n) is 11.6. The molecule has 2 aromatic rings. The molecule has 100 valence electrons. The molecular weight excluding hydrogens is 250 g/mol. The van der Waals surface area contributed by atoms with Gasteiger partial charge in [-0.15, -0.1) is 11.3 Å². The largest absolute Gasteiger partial charge is 0.303 e. The molecule has 0 amide bonds.